The van der Waals surface area contributed by atoms with Crippen molar-refractivity contribution < 1.29 is 4.79 Å². The molecular formula is C14H26N2O. The molecule has 2 fully saturated rings. The molecule has 2 aliphatic rings. The van der Waals surface area contributed by atoms with E-state index in [4.69, 9.17) is 5.73 Å². The number of carbonyl (C=O) groups is 1. The molecule has 17 heavy (non-hydrogen) atoms. The smallest absolute Gasteiger partial charge is 0.222 e. The Hall–Kier alpha value is -0.570. The average molecular weight is 238 g/mol. The highest BCUT2D eigenvalue weighted by atomic mass is 16.2. The van der Waals surface area contributed by atoms with Crippen molar-refractivity contribution in [3.05, 3.63) is 0 Å². The summed E-state index contributed by atoms with van der Waals surface area (Å²) in [6, 6.07) is 0.418. The largest absolute Gasteiger partial charge is 0.342 e. The van der Waals surface area contributed by atoms with Gasteiger partial charge in [-0.05, 0) is 50.4 Å². The molecule has 1 heterocycles. The number of rotatable bonds is 3. The molecule has 0 bridgehead atoms. The highest BCUT2D eigenvalue weighted by molar-refractivity contribution is 5.76. The first-order chi connectivity index (χ1) is 8.15. The van der Waals surface area contributed by atoms with Crippen LogP contribution < -0.4 is 5.73 Å². The quantitative estimate of drug-likeness (QED) is 0.819. The van der Waals surface area contributed by atoms with Crippen LogP contribution in [0.25, 0.3) is 0 Å². The van der Waals surface area contributed by atoms with Gasteiger partial charge < -0.3 is 10.6 Å². The second-order valence-corrected chi connectivity index (χ2v) is 6.05. The van der Waals surface area contributed by atoms with Crippen molar-refractivity contribution in [1.82, 2.24) is 4.90 Å². The lowest BCUT2D eigenvalue weighted by molar-refractivity contribution is -0.130. The summed E-state index contributed by atoms with van der Waals surface area (Å²) in [7, 11) is 0. The van der Waals surface area contributed by atoms with Gasteiger partial charge in [-0.1, -0.05) is 6.92 Å². The van der Waals surface area contributed by atoms with Gasteiger partial charge in [0.25, 0.3) is 0 Å². The predicted octanol–water partition coefficient (Wildman–Crippen LogP) is 2.15. The van der Waals surface area contributed by atoms with E-state index in [1.165, 1.54) is 19.3 Å². The second-order valence-electron chi connectivity index (χ2n) is 6.05. The molecule has 0 spiro atoms. The molecule has 1 saturated carbocycles. The van der Waals surface area contributed by atoms with E-state index in [2.05, 4.69) is 11.8 Å². The zero-order valence-electron chi connectivity index (χ0n) is 11.0. The zero-order valence-corrected chi connectivity index (χ0v) is 11.0. The standard InChI is InChI=1S/C14H26N2O/c1-11-8-9-16(10-11)14(17)7-4-12-2-5-13(15)6-3-12/h11-13H,2-10,15H2,1H3. The minimum absolute atomic E-state index is 0.379. The van der Waals surface area contributed by atoms with Gasteiger partial charge in [-0.15, -0.1) is 0 Å². The number of hydrogen-bond donors (Lipinski definition) is 1. The maximum absolute atomic E-state index is 12.0. The van der Waals surface area contributed by atoms with Crippen molar-refractivity contribution in [2.24, 2.45) is 17.6 Å². The van der Waals surface area contributed by atoms with Gasteiger partial charge in [-0.25, -0.2) is 0 Å². The number of nitrogens with two attached hydrogens (primary N) is 1. The van der Waals surface area contributed by atoms with Crippen LogP contribution in [0.15, 0.2) is 0 Å². The van der Waals surface area contributed by atoms with Gasteiger partial charge in [0.1, 0.15) is 0 Å². The molecule has 98 valence electrons. The van der Waals surface area contributed by atoms with Crippen molar-refractivity contribution in [3.8, 4) is 0 Å². The van der Waals surface area contributed by atoms with Crippen molar-refractivity contribution in [1.29, 1.82) is 0 Å². The van der Waals surface area contributed by atoms with Crippen molar-refractivity contribution in [3.63, 3.8) is 0 Å². The molecule has 1 unspecified atom stereocenters. The number of hydrogen-bond acceptors (Lipinski definition) is 2. The van der Waals surface area contributed by atoms with Crippen LogP contribution in [-0.2, 0) is 4.79 Å². The summed E-state index contributed by atoms with van der Waals surface area (Å²) in [6.45, 7) is 4.19. The Bertz CT molecular complexity index is 259. The van der Waals surface area contributed by atoms with Crippen LogP contribution in [0.2, 0.25) is 0 Å². The van der Waals surface area contributed by atoms with Gasteiger partial charge >= 0.3 is 0 Å². The number of amides is 1. The van der Waals surface area contributed by atoms with E-state index in [1.54, 1.807) is 0 Å². The van der Waals surface area contributed by atoms with Crippen LogP contribution in [-0.4, -0.2) is 29.9 Å². The Morgan fingerprint density at radius 1 is 1.24 bits per heavy atom. The molecule has 0 aromatic heterocycles. The fraction of sp³-hybridized carbons (Fsp3) is 0.929. The number of nitrogens with zero attached hydrogens (tertiary/aromatic N) is 1. The minimum Gasteiger partial charge on any atom is -0.342 e. The first-order valence-corrected chi connectivity index (χ1v) is 7.18. The maximum atomic E-state index is 12.0. The van der Waals surface area contributed by atoms with Gasteiger partial charge in [0, 0.05) is 25.6 Å². The van der Waals surface area contributed by atoms with E-state index < -0.39 is 0 Å². The van der Waals surface area contributed by atoms with Crippen LogP contribution in [0, 0.1) is 11.8 Å². The van der Waals surface area contributed by atoms with E-state index in [-0.39, 0.29) is 0 Å². The fourth-order valence-electron chi connectivity index (χ4n) is 3.12. The maximum Gasteiger partial charge on any atom is 0.222 e. The molecule has 1 atom stereocenters. The predicted molar refractivity (Wildman–Crippen MR) is 69.5 cm³/mol. The molecule has 1 aliphatic heterocycles. The first kappa shape index (κ1) is 12.9. The second kappa shape index (κ2) is 5.85. The third-order valence-corrected chi connectivity index (χ3v) is 4.43. The van der Waals surface area contributed by atoms with E-state index in [0.29, 0.717) is 17.9 Å². The van der Waals surface area contributed by atoms with Crippen LogP contribution in [0.3, 0.4) is 0 Å². The normalized spacial score (nSPS) is 34.0. The fourth-order valence-corrected chi connectivity index (χ4v) is 3.12. The Morgan fingerprint density at radius 3 is 2.53 bits per heavy atom. The molecule has 0 aromatic rings. The molecule has 1 aliphatic carbocycles. The monoisotopic (exact) mass is 238 g/mol. The molecule has 2 rings (SSSR count). The summed E-state index contributed by atoms with van der Waals surface area (Å²) in [4.78, 5) is 14.1. The number of likely N-dealkylation sites (tertiary alicyclic amines) is 1. The molecule has 3 heteroatoms. The molecular weight excluding hydrogens is 212 g/mol. The van der Waals surface area contributed by atoms with Crippen LogP contribution in [0.4, 0.5) is 0 Å². The average Bonchev–Trinajstić information content (AvgIpc) is 2.75. The number of carbonyl (C=O) groups excluding carboxylic acids is 1. The van der Waals surface area contributed by atoms with Crippen molar-refractivity contribution >= 4 is 5.91 Å². The lowest BCUT2D eigenvalue weighted by Gasteiger charge is -2.26. The summed E-state index contributed by atoms with van der Waals surface area (Å²) in [5.74, 6) is 1.83. The highest BCUT2D eigenvalue weighted by Gasteiger charge is 2.24. The van der Waals surface area contributed by atoms with Crippen molar-refractivity contribution in [2.45, 2.75) is 57.9 Å². The van der Waals surface area contributed by atoms with E-state index in [0.717, 1.165) is 44.7 Å². The Labute approximate surface area is 105 Å². The van der Waals surface area contributed by atoms with E-state index in [1.807, 2.05) is 0 Å². The van der Waals surface area contributed by atoms with E-state index in [9.17, 15) is 4.79 Å². The summed E-state index contributed by atoms with van der Waals surface area (Å²) in [5, 5.41) is 0. The molecule has 3 nitrogen and oxygen atoms in total. The Kier molecular flexibility index (Phi) is 4.43. The molecule has 2 N–H and O–H groups in total. The Morgan fingerprint density at radius 2 is 1.94 bits per heavy atom. The lowest BCUT2D eigenvalue weighted by Crippen LogP contribution is -2.30. The first-order valence-electron chi connectivity index (χ1n) is 7.18. The lowest BCUT2D eigenvalue weighted by atomic mass is 9.84. The van der Waals surface area contributed by atoms with E-state index >= 15 is 0 Å². The van der Waals surface area contributed by atoms with Gasteiger partial charge in [0.05, 0.1) is 0 Å². The molecule has 0 aromatic carbocycles. The van der Waals surface area contributed by atoms with Gasteiger partial charge in [0.15, 0.2) is 0 Å². The summed E-state index contributed by atoms with van der Waals surface area (Å²) >= 11 is 0. The van der Waals surface area contributed by atoms with Crippen LogP contribution in [0.5, 0.6) is 0 Å². The summed E-state index contributed by atoms with van der Waals surface area (Å²) < 4.78 is 0. The van der Waals surface area contributed by atoms with Gasteiger partial charge in [0.2, 0.25) is 5.91 Å². The van der Waals surface area contributed by atoms with Crippen LogP contribution >= 0.6 is 0 Å². The third kappa shape index (κ3) is 3.70. The topological polar surface area (TPSA) is 46.3 Å². The molecule has 0 radical (unpaired) electrons. The van der Waals surface area contributed by atoms with Gasteiger partial charge in [-0.2, -0.15) is 0 Å². The summed E-state index contributed by atoms with van der Waals surface area (Å²) in [5.41, 5.74) is 5.89. The molecule has 1 amide bonds. The Balaban J connectivity index is 1.66. The minimum atomic E-state index is 0.379. The van der Waals surface area contributed by atoms with Crippen LogP contribution in [0.1, 0.15) is 51.9 Å². The summed E-state index contributed by atoms with van der Waals surface area (Å²) in [6.07, 6.45) is 7.78. The highest BCUT2D eigenvalue weighted by Crippen LogP contribution is 2.27. The zero-order chi connectivity index (χ0) is 12.3. The van der Waals surface area contributed by atoms with Crippen molar-refractivity contribution in [2.75, 3.05) is 13.1 Å². The molecule has 1 saturated heterocycles. The van der Waals surface area contributed by atoms with Gasteiger partial charge in [-0.3, -0.25) is 4.79 Å². The third-order valence-electron chi connectivity index (χ3n) is 4.43. The SMILES string of the molecule is CC1CCN(C(=O)CCC2CCC(N)CC2)C1.